The van der Waals surface area contributed by atoms with Crippen LogP contribution in [0.5, 0.6) is 0 Å². The first-order valence-electron chi connectivity index (χ1n) is 7.38. The molecule has 3 heteroatoms. The molecular weight excluding hydrogens is 258 g/mol. The Labute approximate surface area is 125 Å². The fraction of sp³-hybridized carbons (Fsp3) is 0.278. The lowest BCUT2D eigenvalue weighted by atomic mass is 9.99. The van der Waals surface area contributed by atoms with Crippen molar-refractivity contribution in [3.8, 4) is 0 Å². The summed E-state index contributed by atoms with van der Waals surface area (Å²) in [4.78, 5) is 0. The van der Waals surface area contributed by atoms with Gasteiger partial charge in [-0.05, 0) is 37.1 Å². The number of aromatic amines is 1. The molecule has 0 radical (unpaired) electrons. The van der Waals surface area contributed by atoms with Crippen molar-refractivity contribution in [1.82, 2.24) is 15.5 Å². The standard InChI is InChI=1S/C18H21N3/c1-12(19-11-18-13(2)20-21-14(18)3)16-10-6-8-15-7-4-5-9-17(15)16/h4-10,12,19H,11H2,1-3H3,(H,20,21). The van der Waals surface area contributed by atoms with Gasteiger partial charge < -0.3 is 5.32 Å². The van der Waals surface area contributed by atoms with Crippen LogP contribution in [0, 0.1) is 13.8 Å². The number of H-pyrrole nitrogens is 1. The van der Waals surface area contributed by atoms with Crippen LogP contribution in [0.15, 0.2) is 42.5 Å². The molecule has 108 valence electrons. The Kier molecular flexibility index (Phi) is 3.76. The van der Waals surface area contributed by atoms with Crippen LogP contribution in [-0.2, 0) is 6.54 Å². The van der Waals surface area contributed by atoms with Crippen molar-refractivity contribution in [3.63, 3.8) is 0 Å². The molecule has 0 bridgehead atoms. The van der Waals surface area contributed by atoms with Gasteiger partial charge in [0.15, 0.2) is 0 Å². The van der Waals surface area contributed by atoms with Gasteiger partial charge in [-0.2, -0.15) is 5.10 Å². The van der Waals surface area contributed by atoms with Crippen LogP contribution in [0.1, 0.15) is 35.5 Å². The van der Waals surface area contributed by atoms with Crippen LogP contribution in [0.3, 0.4) is 0 Å². The Morgan fingerprint density at radius 3 is 2.62 bits per heavy atom. The summed E-state index contributed by atoms with van der Waals surface area (Å²) in [5, 5.41) is 13.5. The fourth-order valence-electron chi connectivity index (χ4n) is 2.83. The molecule has 1 atom stereocenters. The number of nitrogens with zero attached hydrogens (tertiary/aromatic N) is 1. The SMILES string of the molecule is Cc1n[nH]c(C)c1CNC(C)c1cccc2ccccc12. The van der Waals surface area contributed by atoms with E-state index >= 15 is 0 Å². The van der Waals surface area contributed by atoms with E-state index in [4.69, 9.17) is 0 Å². The quantitative estimate of drug-likeness (QED) is 0.757. The number of hydrogen-bond donors (Lipinski definition) is 2. The Bertz CT molecular complexity index is 733. The van der Waals surface area contributed by atoms with E-state index in [2.05, 4.69) is 71.8 Å². The third-order valence-electron chi connectivity index (χ3n) is 4.16. The Balaban J connectivity index is 1.83. The number of fused-ring (bicyclic) bond motifs is 1. The van der Waals surface area contributed by atoms with E-state index in [1.165, 1.54) is 21.9 Å². The van der Waals surface area contributed by atoms with Crippen molar-refractivity contribution in [1.29, 1.82) is 0 Å². The third-order valence-corrected chi connectivity index (χ3v) is 4.16. The van der Waals surface area contributed by atoms with Gasteiger partial charge in [-0.15, -0.1) is 0 Å². The minimum atomic E-state index is 0.296. The van der Waals surface area contributed by atoms with Gasteiger partial charge in [0.2, 0.25) is 0 Å². The minimum Gasteiger partial charge on any atom is -0.306 e. The molecule has 0 fully saturated rings. The smallest absolute Gasteiger partial charge is 0.0638 e. The highest BCUT2D eigenvalue weighted by atomic mass is 15.1. The van der Waals surface area contributed by atoms with Crippen LogP contribution >= 0.6 is 0 Å². The zero-order valence-corrected chi connectivity index (χ0v) is 12.8. The number of nitrogens with one attached hydrogen (secondary N) is 2. The number of hydrogen-bond acceptors (Lipinski definition) is 2. The van der Waals surface area contributed by atoms with Crippen molar-refractivity contribution in [3.05, 3.63) is 65.0 Å². The summed E-state index contributed by atoms with van der Waals surface area (Å²) in [7, 11) is 0. The largest absolute Gasteiger partial charge is 0.306 e. The van der Waals surface area contributed by atoms with Gasteiger partial charge in [-0.25, -0.2) is 0 Å². The molecule has 1 unspecified atom stereocenters. The number of aryl methyl sites for hydroxylation is 2. The van der Waals surface area contributed by atoms with Crippen LogP contribution in [0.25, 0.3) is 10.8 Å². The maximum absolute atomic E-state index is 4.25. The lowest BCUT2D eigenvalue weighted by Crippen LogP contribution is -2.19. The molecule has 0 aliphatic heterocycles. The lowest BCUT2D eigenvalue weighted by molar-refractivity contribution is 0.575. The topological polar surface area (TPSA) is 40.7 Å². The molecule has 0 aliphatic carbocycles. The third kappa shape index (κ3) is 2.69. The molecule has 2 aromatic carbocycles. The van der Waals surface area contributed by atoms with E-state index < -0.39 is 0 Å². The van der Waals surface area contributed by atoms with Crippen LogP contribution in [0.2, 0.25) is 0 Å². The van der Waals surface area contributed by atoms with E-state index in [0.717, 1.165) is 17.9 Å². The molecule has 1 aromatic heterocycles. The monoisotopic (exact) mass is 279 g/mol. The van der Waals surface area contributed by atoms with E-state index in [-0.39, 0.29) is 0 Å². The average molecular weight is 279 g/mol. The Hall–Kier alpha value is -2.13. The second-order valence-electron chi connectivity index (χ2n) is 5.58. The van der Waals surface area contributed by atoms with E-state index in [1.54, 1.807) is 0 Å². The highest BCUT2D eigenvalue weighted by molar-refractivity contribution is 5.86. The van der Waals surface area contributed by atoms with Gasteiger partial charge in [0.25, 0.3) is 0 Å². The second-order valence-corrected chi connectivity index (χ2v) is 5.58. The normalized spacial score (nSPS) is 12.7. The molecule has 3 nitrogen and oxygen atoms in total. The van der Waals surface area contributed by atoms with Crippen molar-refractivity contribution >= 4 is 10.8 Å². The van der Waals surface area contributed by atoms with Crippen molar-refractivity contribution in [2.24, 2.45) is 0 Å². The summed E-state index contributed by atoms with van der Waals surface area (Å²) < 4.78 is 0. The predicted octanol–water partition coefficient (Wildman–Crippen LogP) is 4.03. The van der Waals surface area contributed by atoms with E-state index in [1.807, 2.05) is 6.92 Å². The van der Waals surface area contributed by atoms with Gasteiger partial charge in [0.1, 0.15) is 0 Å². The molecule has 0 aliphatic rings. The van der Waals surface area contributed by atoms with Crippen LogP contribution in [-0.4, -0.2) is 10.2 Å². The van der Waals surface area contributed by atoms with Crippen molar-refractivity contribution in [2.75, 3.05) is 0 Å². The maximum Gasteiger partial charge on any atom is 0.0638 e. The molecular formula is C18H21N3. The highest BCUT2D eigenvalue weighted by Crippen LogP contribution is 2.24. The molecule has 0 amide bonds. The summed E-state index contributed by atoms with van der Waals surface area (Å²) in [6, 6.07) is 15.3. The molecule has 2 N–H and O–H groups in total. The summed E-state index contributed by atoms with van der Waals surface area (Å²) in [6.45, 7) is 7.16. The Morgan fingerprint density at radius 2 is 1.86 bits per heavy atom. The summed E-state index contributed by atoms with van der Waals surface area (Å²) in [5.41, 5.74) is 4.82. The van der Waals surface area contributed by atoms with Crippen LogP contribution < -0.4 is 5.32 Å². The first-order chi connectivity index (χ1) is 10.2. The molecule has 1 heterocycles. The summed E-state index contributed by atoms with van der Waals surface area (Å²) in [6.07, 6.45) is 0. The fourth-order valence-corrected chi connectivity index (χ4v) is 2.83. The van der Waals surface area contributed by atoms with E-state index in [9.17, 15) is 0 Å². The number of benzene rings is 2. The van der Waals surface area contributed by atoms with Crippen LogP contribution in [0.4, 0.5) is 0 Å². The maximum atomic E-state index is 4.25. The van der Waals surface area contributed by atoms with Crippen molar-refractivity contribution in [2.45, 2.75) is 33.4 Å². The molecule has 3 rings (SSSR count). The molecule has 0 saturated carbocycles. The zero-order valence-electron chi connectivity index (χ0n) is 12.8. The first kappa shape index (κ1) is 13.8. The number of aromatic nitrogens is 2. The van der Waals surface area contributed by atoms with Gasteiger partial charge in [-0.1, -0.05) is 42.5 Å². The summed E-state index contributed by atoms with van der Waals surface area (Å²) in [5.74, 6) is 0. The van der Waals surface area contributed by atoms with Gasteiger partial charge in [0, 0.05) is 23.8 Å². The minimum absolute atomic E-state index is 0.296. The number of rotatable bonds is 4. The van der Waals surface area contributed by atoms with Gasteiger partial charge in [-0.3, -0.25) is 5.10 Å². The van der Waals surface area contributed by atoms with Gasteiger partial charge in [0.05, 0.1) is 5.69 Å². The molecule has 21 heavy (non-hydrogen) atoms. The molecule has 0 saturated heterocycles. The lowest BCUT2D eigenvalue weighted by Gasteiger charge is -2.17. The molecule has 0 spiro atoms. The highest BCUT2D eigenvalue weighted by Gasteiger charge is 2.11. The predicted molar refractivity (Wildman–Crippen MR) is 87.3 cm³/mol. The Morgan fingerprint density at radius 1 is 1.10 bits per heavy atom. The zero-order chi connectivity index (χ0) is 14.8. The molecule has 3 aromatic rings. The average Bonchev–Trinajstić information content (AvgIpc) is 2.83. The second kappa shape index (κ2) is 5.70. The van der Waals surface area contributed by atoms with E-state index in [0.29, 0.717) is 6.04 Å². The van der Waals surface area contributed by atoms with Crippen molar-refractivity contribution < 1.29 is 0 Å². The summed E-state index contributed by atoms with van der Waals surface area (Å²) >= 11 is 0. The first-order valence-corrected chi connectivity index (χ1v) is 7.38. The van der Waals surface area contributed by atoms with Gasteiger partial charge >= 0.3 is 0 Å².